The summed E-state index contributed by atoms with van der Waals surface area (Å²) in [6, 6.07) is 10.4. The number of likely N-dealkylation sites (tertiary alicyclic amines) is 1. The average Bonchev–Trinajstić information content (AvgIpc) is 2.85. The molecule has 1 amide bonds. The molecule has 1 unspecified atom stereocenters. The van der Waals surface area contributed by atoms with Crippen molar-refractivity contribution in [3.8, 4) is 0 Å². The Morgan fingerprint density at radius 1 is 1.39 bits per heavy atom. The van der Waals surface area contributed by atoms with Crippen LogP contribution in [0.25, 0.3) is 0 Å². The summed E-state index contributed by atoms with van der Waals surface area (Å²) in [5.74, 6) is 0.129. The van der Waals surface area contributed by atoms with Crippen molar-refractivity contribution < 1.29 is 4.79 Å². The zero-order valence-electron chi connectivity index (χ0n) is 11.1. The second-order valence-electron chi connectivity index (χ2n) is 4.89. The van der Waals surface area contributed by atoms with Gasteiger partial charge in [-0.25, -0.2) is 0 Å². The van der Waals surface area contributed by atoms with E-state index in [0.29, 0.717) is 12.5 Å². The van der Waals surface area contributed by atoms with Gasteiger partial charge in [0, 0.05) is 12.6 Å². The second-order valence-corrected chi connectivity index (χ2v) is 4.89. The standard InChI is InChI=1S/C15H22N2O/c1-2-17-10-6-9-14(17)12-16-15(18)11-13-7-4-3-5-8-13/h3-5,7-8,14H,2,6,9-12H2,1H3,(H,16,18). The van der Waals surface area contributed by atoms with Crippen molar-refractivity contribution in [1.82, 2.24) is 10.2 Å². The molecular formula is C15H22N2O. The van der Waals surface area contributed by atoms with Crippen molar-refractivity contribution in [3.63, 3.8) is 0 Å². The van der Waals surface area contributed by atoms with Gasteiger partial charge in [-0.3, -0.25) is 9.69 Å². The summed E-state index contributed by atoms with van der Waals surface area (Å²) in [4.78, 5) is 14.3. The Hall–Kier alpha value is -1.35. The Bertz CT molecular complexity index is 377. The van der Waals surface area contributed by atoms with Gasteiger partial charge in [-0.2, -0.15) is 0 Å². The summed E-state index contributed by atoms with van der Waals surface area (Å²) in [7, 11) is 0. The number of carbonyl (C=O) groups excluding carboxylic acids is 1. The summed E-state index contributed by atoms with van der Waals surface area (Å²) in [5.41, 5.74) is 1.08. The quantitative estimate of drug-likeness (QED) is 0.859. The molecule has 0 bridgehead atoms. The molecule has 0 radical (unpaired) electrons. The topological polar surface area (TPSA) is 32.3 Å². The van der Waals surface area contributed by atoms with Crippen LogP contribution in [0.2, 0.25) is 0 Å². The smallest absolute Gasteiger partial charge is 0.224 e. The molecule has 0 aromatic heterocycles. The molecule has 18 heavy (non-hydrogen) atoms. The van der Waals surface area contributed by atoms with E-state index < -0.39 is 0 Å². The fourth-order valence-corrected chi connectivity index (χ4v) is 2.62. The van der Waals surface area contributed by atoms with Crippen LogP contribution in [0.15, 0.2) is 30.3 Å². The molecule has 1 heterocycles. The number of amides is 1. The maximum atomic E-state index is 11.8. The van der Waals surface area contributed by atoms with Crippen molar-refractivity contribution in [3.05, 3.63) is 35.9 Å². The monoisotopic (exact) mass is 246 g/mol. The Labute approximate surface area is 109 Å². The first kappa shape index (κ1) is 13.1. The van der Waals surface area contributed by atoms with Crippen LogP contribution in [0.1, 0.15) is 25.3 Å². The number of carbonyl (C=O) groups is 1. The lowest BCUT2D eigenvalue weighted by Gasteiger charge is -2.22. The Kier molecular flexibility index (Phi) is 4.76. The third kappa shape index (κ3) is 3.57. The molecule has 1 aromatic carbocycles. The van der Waals surface area contributed by atoms with E-state index in [1.807, 2.05) is 30.3 Å². The molecule has 98 valence electrons. The molecule has 0 saturated carbocycles. The first-order valence-electron chi connectivity index (χ1n) is 6.84. The van der Waals surface area contributed by atoms with Gasteiger partial charge in [0.15, 0.2) is 0 Å². The summed E-state index contributed by atoms with van der Waals surface area (Å²) in [6.45, 7) is 5.23. The molecule has 0 aliphatic carbocycles. The molecule has 1 aliphatic rings. The number of hydrogen-bond acceptors (Lipinski definition) is 2. The number of rotatable bonds is 5. The van der Waals surface area contributed by atoms with Gasteiger partial charge in [0.05, 0.1) is 6.42 Å². The lowest BCUT2D eigenvalue weighted by atomic mass is 10.1. The summed E-state index contributed by atoms with van der Waals surface area (Å²) in [5, 5.41) is 3.06. The number of hydrogen-bond donors (Lipinski definition) is 1. The molecule has 1 N–H and O–H groups in total. The van der Waals surface area contributed by atoms with Gasteiger partial charge in [0.25, 0.3) is 0 Å². The minimum atomic E-state index is 0.129. The molecule has 0 spiro atoms. The van der Waals surface area contributed by atoms with Crippen molar-refractivity contribution in [2.24, 2.45) is 0 Å². The lowest BCUT2D eigenvalue weighted by molar-refractivity contribution is -0.120. The molecule has 1 fully saturated rings. The molecule has 1 aliphatic heterocycles. The zero-order chi connectivity index (χ0) is 12.8. The van der Waals surface area contributed by atoms with E-state index >= 15 is 0 Å². The highest BCUT2D eigenvalue weighted by molar-refractivity contribution is 5.78. The van der Waals surface area contributed by atoms with E-state index in [2.05, 4.69) is 17.1 Å². The number of nitrogens with zero attached hydrogens (tertiary/aromatic N) is 1. The highest BCUT2D eigenvalue weighted by Crippen LogP contribution is 2.15. The normalized spacial score (nSPS) is 19.9. The van der Waals surface area contributed by atoms with E-state index in [1.165, 1.54) is 19.4 Å². The predicted molar refractivity (Wildman–Crippen MR) is 73.4 cm³/mol. The van der Waals surface area contributed by atoms with Gasteiger partial charge in [-0.15, -0.1) is 0 Å². The molecule has 1 atom stereocenters. The largest absolute Gasteiger partial charge is 0.354 e. The third-order valence-electron chi connectivity index (χ3n) is 3.65. The predicted octanol–water partition coefficient (Wildman–Crippen LogP) is 1.83. The number of likely N-dealkylation sites (N-methyl/N-ethyl adjacent to an activating group) is 1. The first-order valence-corrected chi connectivity index (χ1v) is 6.84. The second kappa shape index (κ2) is 6.55. The average molecular weight is 246 g/mol. The maximum Gasteiger partial charge on any atom is 0.224 e. The molecule has 2 rings (SSSR count). The van der Waals surface area contributed by atoms with Gasteiger partial charge in [-0.05, 0) is 31.5 Å². The van der Waals surface area contributed by atoms with Gasteiger partial charge in [0.2, 0.25) is 5.91 Å². The van der Waals surface area contributed by atoms with Gasteiger partial charge < -0.3 is 5.32 Å². The Morgan fingerprint density at radius 3 is 2.89 bits per heavy atom. The third-order valence-corrected chi connectivity index (χ3v) is 3.65. The van der Waals surface area contributed by atoms with Crippen LogP contribution in [0.5, 0.6) is 0 Å². The summed E-state index contributed by atoms with van der Waals surface area (Å²) < 4.78 is 0. The van der Waals surface area contributed by atoms with E-state index in [-0.39, 0.29) is 5.91 Å². The molecule has 1 aromatic rings. The fraction of sp³-hybridized carbons (Fsp3) is 0.533. The highest BCUT2D eigenvalue weighted by Gasteiger charge is 2.22. The van der Waals surface area contributed by atoms with E-state index in [9.17, 15) is 4.79 Å². The Balaban J connectivity index is 1.75. The molecule has 1 saturated heterocycles. The van der Waals surface area contributed by atoms with Crippen LogP contribution in [0, 0.1) is 0 Å². The summed E-state index contributed by atoms with van der Waals surface area (Å²) >= 11 is 0. The first-order chi connectivity index (χ1) is 8.79. The number of nitrogens with one attached hydrogen (secondary N) is 1. The minimum Gasteiger partial charge on any atom is -0.354 e. The van der Waals surface area contributed by atoms with Crippen molar-refractivity contribution in [1.29, 1.82) is 0 Å². The van der Waals surface area contributed by atoms with E-state index in [0.717, 1.165) is 18.7 Å². The van der Waals surface area contributed by atoms with Crippen LogP contribution in [0.4, 0.5) is 0 Å². The highest BCUT2D eigenvalue weighted by atomic mass is 16.1. The van der Waals surface area contributed by atoms with Crippen molar-refractivity contribution in [2.45, 2.75) is 32.2 Å². The van der Waals surface area contributed by atoms with Gasteiger partial charge in [-0.1, -0.05) is 37.3 Å². The van der Waals surface area contributed by atoms with Crippen molar-refractivity contribution in [2.75, 3.05) is 19.6 Å². The van der Waals surface area contributed by atoms with Crippen LogP contribution >= 0.6 is 0 Å². The SMILES string of the molecule is CCN1CCCC1CNC(=O)Cc1ccccc1. The number of benzene rings is 1. The lowest BCUT2D eigenvalue weighted by Crippen LogP contribution is -2.40. The minimum absolute atomic E-state index is 0.129. The van der Waals surface area contributed by atoms with Crippen LogP contribution in [-0.2, 0) is 11.2 Å². The van der Waals surface area contributed by atoms with E-state index in [1.54, 1.807) is 0 Å². The zero-order valence-corrected chi connectivity index (χ0v) is 11.1. The van der Waals surface area contributed by atoms with E-state index in [4.69, 9.17) is 0 Å². The van der Waals surface area contributed by atoms with Crippen LogP contribution < -0.4 is 5.32 Å². The van der Waals surface area contributed by atoms with Crippen LogP contribution in [-0.4, -0.2) is 36.5 Å². The molecular weight excluding hydrogens is 224 g/mol. The van der Waals surface area contributed by atoms with Gasteiger partial charge >= 0.3 is 0 Å². The van der Waals surface area contributed by atoms with Gasteiger partial charge in [0.1, 0.15) is 0 Å². The summed E-state index contributed by atoms with van der Waals surface area (Å²) in [6.07, 6.45) is 2.95. The maximum absolute atomic E-state index is 11.8. The molecule has 3 nitrogen and oxygen atoms in total. The fourth-order valence-electron chi connectivity index (χ4n) is 2.62. The van der Waals surface area contributed by atoms with Crippen LogP contribution in [0.3, 0.4) is 0 Å². The van der Waals surface area contributed by atoms with Crippen molar-refractivity contribution >= 4 is 5.91 Å². The molecule has 3 heteroatoms. The Morgan fingerprint density at radius 2 is 2.17 bits per heavy atom.